The van der Waals surface area contributed by atoms with Crippen molar-refractivity contribution in [3.05, 3.63) is 114 Å². The number of carbonyl (C=O) groups excluding carboxylic acids is 2. The van der Waals surface area contributed by atoms with Crippen LogP contribution in [0, 0.1) is 11.8 Å². The number of aromatic nitrogens is 1. The summed E-state index contributed by atoms with van der Waals surface area (Å²) in [5.74, 6) is 2.57. The molecule has 5 rings (SSSR count). The van der Waals surface area contributed by atoms with Crippen molar-refractivity contribution in [2.45, 2.75) is 109 Å². The standard InChI is InChI=1S/C46H64N5O7.C6H12.CH4O.Y/c1-36(40-20-24-47-25-21-40)49-38(3)46(22-26-48-27-23-46)51-42-14-12-13-41(35-42)45(53)50-37(2)39-16-18-43(19-17-39)58-30-11-6-5-9-28-55-31-33-57-34-32-56-29-10-7-8-15-44(52)54-4;1-5-3-4-6(5)2;1-2;/h12-14,16-21,24-25,35,37,49,51H,1,3,5-11,15,22-23,26-34H2,2,4H3,(H,50,53);5-6H,3-4H2,1-2H3;2H,1H3;/q-1;;;. The summed E-state index contributed by atoms with van der Waals surface area (Å²) in [5.41, 5.74) is 4.47. The van der Waals surface area contributed by atoms with Crippen molar-refractivity contribution >= 4 is 23.3 Å². The van der Waals surface area contributed by atoms with Gasteiger partial charge in [-0.3, -0.25) is 14.6 Å². The SMILES string of the molecule is C=C(NC(=C)C1(Nc2cccc(C(=O)NC(C)c3ccc(OCCCCCCOCCOCCOCCCCCC(=O)OC)cc3)c2)CC[N-]CC1)c1ccncc1.CC1CCC1C.CO.[Y]. The number of unbranched alkanes of at least 4 members (excludes halogenated alkanes) is 5. The predicted molar refractivity (Wildman–Crippen MR) is 266 cm³/mol. The van der Waals surface area contributed by atoms with Crippen molar-refractivity contribution in [1.82, 2.24) is 15.6 Å². The third-order valence-electron chi connectivity index (χ3n) is 12.2. The summed E-state index contributed by atoms with van der Waals surface area (Å²) >= 11 is 0. The summed E-state index contributed by atoms with van der Waals surface area (Å²) in [6, 6.07) is 19.1. The van der Waals surface area contributed by atoms with Crippen LogP contribution < -0.4 is 20.7 Å². The smallest absolute Gasteiger partial charge is 0.305 e. The topological polar surface area (TPSA) is 164 Å². The Bertz CT molecular complexity index is 1800. The number of carbonyl (C=O) groups is 2. The van der Waals surface area contributed by atoms with Gasteiger partial charge in [0.25, 0.3) is 5.91 Å². The number of ether oxygens (including phenoxy) is 5. The number of nitrogens with zero attached hydrogens (tertiary/aromatic N) is 2. The van der Waals surface area contributed by atoms with E-state index < -0.39 is 5.54 Å². The van der Waals surface area contributed by atoms with Crippen molar-refractivity contribution in [3.63, 3.8) is 0 Å². The molecule has 13 nitrogen and oxygen atoms in total. The Labute approximate surface area is 427 Å². The molecule has 1 aliphatic heterocycles. The number of hydrogen-bond donors (Lipinski definition) is 4. The number of aliphatic hydroxyl groups is 1. The van der Waals surface area contributed by atoms with Crippen LogP contribution >= 0.6 is 0 Å². The molecule has 369 valence electrons. The molecule has 2 aliphatic rings. The van der Waals surface area contributed by atoms with Gasteiger partial charge >= 0.3 is 5.97 Å². The summed E-state index contributed by atoms with van der Waals surface area (Å²) in [7, 11) is 2.41. The second-order valence-electron chi connectivity index (χ2n) is 17.1. The normalized spacial score (nSPS) is 16.1. The van der Waals surface area contributed by atoms with Crippen molar-refractivity contribution in [1.29, 1.82) is 0 Å². The minimum Gasteiger partial charge on any atom is -0.662 e. The molecule has 2 aromatic carbocycles. The van der Waals surface area contributed by atoms with E-state index in [0.717, 1.165) is 117 Å². The molecule has 2 fully saturated rings. The summed E-state index contributed by atoms with van der Waals surface area (Å²) in [4.78, 5) is 28.6. The van der Waals surface area contributed by atoms with E-state index in [2.05, 4.69) is 58.0 Å². The molecule has 3 unspecified atom stereocenters. The van der Waals surface area contributed by atoms with Gasteiger partial charge in [0.05, 0.1) is 51.7 Å². The fourth-order valence-electron chi connectivity index (χ4n) is 7.41. The van der Waals surface area contributed by atoms with Gasteiger partial charge in [-0.05, 0) is 112 Å². The molecule has 4 N–H and O–H groups in total. The molecule has 2 heterocycles. The Balaban J connectivity index is 0.00000156. The number of nitrogens with one attached hydrogen (secondary N) is 3. The first-order valence-corrected chi connectivity index (χ1v) is 24.0. The van der Waals surface area contributed by atoms with Crippen LogP contribution in [0.25, 0.3) is 11.0 Å². The molecule has 0 bridgehead atoms. The monoisotopic (exact) mass is 1000 g/mol. The Morgan fingerprint density at radius 1 is 0.776 bits per heavy atom. The van der Waals surface area contributed by atoms with Crippen LogP contribution in [0.2, 0.25) is 0 Å². The van der Waals surface area contributed by atoms with Crippen molar-refractivity contribution in [3.8, 4) is 5.75 Å². The minimum absolute atomic E-state index is 0. The maximum absolute atomic E-state index is 13.4. The van der Waals surface area contributed by atoms with Crippen molar-refractivity contribution < 1.29 is 71.1 Å². The summed E-state index contributed by atoms with van der Waals surface area (Å²) in [5, 5.41) is 21.8. The number of methoxy groups -OCH3 is 1. The van der Waals surface area contributed by atoms with Gasteiger partial charge < -0.3 is 50.1 Å². The van der Waals surface area contributed by atoms with Gasteiger partial charge in [-0.1, -0.05) is 70.9 Å². The zero-order valence-corrected chi connectivity index (χ0v) is 44.0. The van der Waals surface area contributed by atoms with Gasteiger partial charge in [-0.15, -0.1) is 13.1 Å². The number of benzene rings is 2. The average Bonchev–Trinajstić information content (AvgIpc) is 3.35. The van der Waals surface area contributed by atoms with E-state index >= 15 is 0 Å². The molecule has 1 saturated carbocycles. The van der Waals surface area contributed by atoms with Crippen LogP contribution in [0.5, 0.6) is 5.75 Å². The molecule has 1 radical (unpaired) electrons. The van der Waals surface area contributed by atoms with Crippen molar-refractivity contribution in [2.75, 3.05) is 78.9 Å². The van der Waals surface area contributed by atoms with E-state index in [1.165, 1.54) is 20.0 Å². The van der Waals surface area contributed by atoms with E-state index in [1.54, 1.807) is 12.4 Å². The van der Waals surface area contributed by atoms with E-state index in [9.17, 15) is 9.59 Å². The van der Waals surface area contributed by atoms with Crippen LogP contribution in [0.1, 0.15) is 125 Å². The zero-order valence-electron chi connectivity index (χ0n) is 41.2. The summed E-state index contributed by atoms with van der Waals surface area (Å²) < 4.78 is 27.4. The van der Waals surface area contributed by atoms with Crippen molar-refractivity contribution in [2.24, 2.45) is 11.8 Å². The Kier molecular flexibility index (Phi) is 31.4. The molecule has 3 aromatic rings. The second kappa shape index (κ2) is 35.4. The van der Waals surface area contributed by atoms with E-state index in [-0.39, 0.29) is 50.6 Å². The van der Waals surface area contributed by atoms with E-state index in [0.29, 0.717) is 64.7 Å². The maximum atomic E-state index is 13.4. The molecule has 1 amide bonds. The number of piperidine rings is 1. The first kappa shape index (κ1) is 59.4. The molecule has 3 atom stereocenters. The number of aliphatic hydroxyl groups excluding tert-OH is 1. The molecular formula is C53H80N5O8Y-. The van der Waals surface area contributed by atoms with Crippen LogP contribution in [-0.2, 0) is 56.5 Å². The molecule has 1 aromatic heterocycles. The first-order chi connectivity index (χ1) is 32.1. The largest absolute Gasteiger partial charge is 0.662 e. The van der Waals surface area contributed by atoms with Gasteiger partial charge in [-0.2, -0.15) is 0 Å². The number of rotatable bonds is 29. The Morgan fingerprint density at radius 3 is 1.91 bits per heavy atom. The zero-order chi connectivity index (χ0) is 47.8. The number of hydrogen-bond acceptors (Lipinski definition) is 11. The van der Waals surface area contributed by atoms with E-state index in [1.807, 2.05) is 67.6 Å². The number of pyridine rings is 1. The second-order valence-corrected chi connectivity index (χ2v) is 17.1. The maximum Gasteiger partial charge on any atom is 0.305 e. The molecule has 1 saturated heterocycles. The Hall–Kier alpha value is -3.69. The minimum atomic E-state index is -0.454. The van der Waals surface area contributed by atoms with Gasteiger partial charge in [0.2, 0.25) is 0 Å². The van der Waals surface area contributed by atoms with Gasteiger partial charge in [0.15, 0.2) is 0 Å². The fraction of sp³-hybridized carbons (Fsp3) is 0.566. The van der Waals surface area contributed by atoms with Crippen LogP contribution in [0.4, 0.5) is 5.69 Å². The number of anilines is 1. The van der Waals surface area contributed by atoms with Gasteiger partial charge in [0, 0.05) is 100 Å². The first-order valence-electron chi connectivity index (χ1n) is 24.0. The molecule has 14 heteroatoms. The number of esters is 1. The Morgan fingerprint density at radius 2 is 1.34 bits per heavy atom. The number of amides is 1. The summed E-state index contributed by atoms with van der Waals surface area (Å²) in [6.45, 7) is 21.0. The molecule has 67 heavy (non-hydrogen) atoms. The van der Waals surface area contributed by atoms with Gasteiger partial charge in [-0.25, -0.2) is 0 Å². The van der Waals surface area contributed by atoms with Crippen LogP contribution in [0.3, 0.4) is 0 Å². The molecule has 1 aliphatic carbocycles. The third-order valence-corrected chi connectivity index (χ3v) is 12.2. The predicted octanol–water partition coefficient (Wildman–Crippen LogP) is 10.0. The molecule has 0 spiro atoms. The summed E-state index contributed by atoms with van der Waals surface area (Å²) in [6.07, 6.45) is 15.3. The van der Waals surface area contributed by atoms with Crippen LogP contribution in [-0.4, -0.2) is 101 Å². The van der Waals surface area contributed by atoms with E-state index in [4.69, 9.17) is 24.1 Å². The molecular weight excluding hydrogens is 924 g/mol. The quantitative estimate of drug-likeness (QED) is 0.0387. The third kappa shape index (κ3) is 23.5. The fourth-order valence-corrected chi connectivity index (χ4v) is 7.41. The van der Waals surface area contributed by atoms with Crippen LogP contribution in [0.15, 0.2) is 91.9 Å². The average molecular weight is 1000 g/mol. The van der Waals surface area contributed by atoms with Gasteiger partial charge in [0.1, 0.15) is 5.75 Å².